The lowest BCUT2D eigenvalue weighted by Crippen LogP contribution is -2.46. The Morgan fingerprint density at radius 3 is 2.04 bits per heavy atom. The molecular formula is C19H17NO6. The van der Waals surface area contributed by atoms with E-state index in [2.05, 4.69) is 0 Å². The Bertz CT molecular complexity index is 800. The molecule has 0 radical (unpaired) electrons. The molecule has 0 fully saturated rings. The number of nitrogens with zero attached hydrogens (tertiary/aromatic N) is 1. The zero-order valence-electron chi connectivity index (χ0n) is 13.7. The number of hydrogen-bond acceptors (Lipinski definition) is 5. The van der Waals surface area contributed by atoms with Crippen LogP contribution in [0, 0.1) is 0 Å². The van der Waals surface area contributed by atoms with Gasteiger partial charge in [0, 0.05) is 0 Å². The van der Waals surface area contributed by atoms with E-state index in [1.165, 1.54) is 12.1 Å². The van der Waals surface area contributed by atoms with Gasteiger partial charge in [0.15, 0.2) is 6.10 Å². The largest absolute Gasteiger partial charge is 0.479 e. The molecule has 7 heteroatoms. The molecule has 1 heterocycles. The number of aliphatic carboxylic acids is 1. The normalized spacial score (nSPS) is 15.7. The van der Waals surface area contributed by atoms with Gasteiger partial charge in [0.2, 0.25) is 0 Å². The van der Waals surface area contributed by atoms with Crippen molar-refractivity contribution >= 4 is 17.8 Å². The predicted molar refractivity (Wildman–Crippen MR) is 90.5 cm³/mol. The van der Waals surface area contributed by atoms with Crippen LogP contribution in [0.1, 0.15) is 26.3 Å². The molecule has 1 aliphatic heterocycles. The van der Waals surface area contributed by atoms with E-state index in [0.717, 1.165) is 10.5 Å². The molecule has 0 spiro atoms. The SMILES string of the molecule is O=C(O)[C@@H](O)[C@@H](CN1C(=O)c2ccccc2C1=O)OCc1ccccc1. The predicted octanol–water partition coefficient (Wildman–Crippen LogP) is 1.31. The van der Waals surface area contributed by atoms with Crippen molar-refractivity contribution in [3.05, 3.63) is 71.3 Å². The fourth-order valence-corrected chi connectivity index (χ4v) is 2.77. The molecule has 0 aliphatic carbocycles. The summed E-state index contributed by atoms with van der Waals surface area (Å²) in [6.45, 7) is -0.314. The van der Waals surface area contributed by atoms with Crippen molar-refractivity contribution in [2.75, 3.05) is 6.54 Å². The van der Waals surface area contributed by atoms with E-state index in [4.69, 9.17) is 9.84 Å². The zero-order valence-corrected chi connectivity index (χ0v) is 13.7. The fraction of sp³-hybridized carbons (Fsp3) is 0.211. The van der Waals surface area contributed by atoms with Crippen LogP contribution in [0.5, 0.6) is 0 Å². The summed E-state index contributed by atoms with van der Waals surface area (Å²) >= 11 is 0. The van der Waals surface area contributed by atoms with Crippen molar-refractivity contribution in [3.63, 3.8) is 0 Å². The summed E-state index contributed by atoms with van der Waals surface area (Å²) in [6.07, 6.45) is -3.13. The summed E-state index contributed by atoms with van der Waals surface area (Å²) in [5.74, 6) is -2.55. The number of carbonyl (C=O) groups excluding carboxylic acids is 2. The summed E-state index contributed by atoms with van der Waals surface area (Å²) < 4.78 is 5.53. The van der Waals surface area contributed by atoms with Gasteiger partial charge in [0.1, 0.15) is 6.10 Å². The molecule has 0 bridgehead atoms. The Balaban J connectivity index is 1.77. The van der Waals surface area contributed by atoms with Gasteiger partial charge in [-0.1, -0.05) is 42.5 Å². The van der Waals surface area contributed by atoms with Crippen LogP contribution >= 0.6 is 0 Å². The molecule has 3 rings (SSSR count). The van der Waals surface area contributed by atoms with E-state index in [1.807, 2.05) is 6.07 Å². The van der Waals surface area contributed by atoms with E-state index in [0.29, 0.717) is 0 Å². The molecule has 2 amide bonds. The number of amides is 2. The van der Waals surface area contributed by atoms with Gasteiger partial charge in [-0.15, -0.1) is 0 Å². The first-order valence-electron chi connectivity index (χ1n) is 8.00. The quantitative estimate of drug-likeness (QED) is 0.726. The molecule has 2 atom stereocenters. The molecular weight excluding hydrogens is 338 g/mol. The lowest BCUT2D eigenvalue weighted by molar-refractivity contribution is -0.157. The minimum Gasteiger partial charge on any atom is -0.479 e. The van der Waals surface area contributed by atoms with Gasteiger partial charge in [-0.05, 0) is 17.7 Å². The molecule has 2 N–H and O–H groups in total. The van der Waals surface area contributed by atoms with Crippen LogP contribution in [0.3, 0.4) is 0 Å². The number of carboxylic acids is 1. The summed E-state index contributed by atoms with van der Waals surface area (Å²) in [5, 5.41) is 19.1. The van der Waals surface area contributed by atoms with Crippen molar-refractivity contribution in [2.45, 2.75) is 18.8 Å². The number of aliphatic hydroxyl groups is 1. The Morgan fingerprint density at radius 1 is 0.962 bits per heavy atom. The van der Waals surface area contributed by atoms with Gasteiger partial charge in [-0.25, -0.2) is 4.79 Å². The summed E-state index contributed by atoms with van der Waals surface area (Å²) in [4.78, 5) is 37.0. The number of carboxylic acid groups (broad SMARTS) is 1. The molecule has 134 valence electrons. The van der Waals surface area contributed by atoms with Crippen molar-refractivity contribution < 1.29 is 29.3 Å². The van der Waals surface area contributed by atoms with E-state index in [-0.39, 0.29) is 24.3 Å². The second-order valence-corrected chi connectivity index (χ2v) is 5.88. The maximum absolute atomic E-state index is 12.4. The molecule has 2 aromatic rings. The zero-order chi connectivity index (χ0) is 18.7. The standard InChI is InChI=1S/C19H17NO6/c21-16(19(24)25)15(26-11-12-6-2-1-3-7-12)10-20-17(22)13-8-4-5-9-14(13)18(20)23/h1-9,15-16,21H,10-11H2,(H,24,25)/t15-,16+/m1/s1. The first kappa shape index (κ1) is 17.8. The van der Waals surface area contributed by atoms with Crippen molar-refractivity contribution in [1.82, 2.24) is 4.90 Å². The Labute approximate surface area is 149 Å². The van der Waals surface area contributed by atoms with E-state index in [9.17, 15) is 19.5 Å². The highest BCUT2D eigenvalue weighted by Crippen LogP contribution is 2.23. The van der Waals surface area contributed by atoms with Crippen LogP contribution in [0.4, 0.5) is 0 Å². The van der Waals surface area contributed by atoms with E-state index in [1.54, 1.807) is 36.4 Å². The number of hydrogen-bond donors (Lipinski definition) is 2. The number of imide groups is 1. The fourth-order valence-electron chi connectivity index (χ4n) is 2.77. The Hall–Kier alpha value is -3.03. The van der Waals surface area contributed by atoms with Gasteiger partial charge in [-0.2, -0.15) is 0 Å². The third kappa shape index (κ3) is 3.49. The van der Waals surface area contributed by atoms with Crippen molar-refractivity contribution in [3.8, 4) is 0 Å². The number of aliphatic hydroxyl groups excluding tert-OH is 1. The summed E-state index contributed by atoms with van der Waals surface area (Å²) in [5.41, 5.74) is 1.28. The Morgan fingerprint density at radius 2 is 1.50 bits per heavy atom. The third-order valence-corrected chi connectivity index (χ3v) is 4.15. The van der Waals surface area contributed by atoms with Gasteiger partial charge in [0.25, 0.3) is 11.8 Å². The molecule has 7 nitrogen and oxygen atoms in total. The van der Waals surface area contributed by atoms with Gasteiger partial charge >= 0.3 is 5.97 Å². The molecule has 26 heavy (non-hydrogen) atoms. The number of benzene rings is 2. The third-order valence-electron chi connectivity index (χ3n) is 4.15. The van der Waals surface area contributed by atoms with E-state index < -0.39 is 30.0 Å². The van der Waals surface area contributed by atoms with E-state index >= 15 is 0 Å². The molecule has 0 aromatic heterocycles. The van der Waals surface area contributed by atoms with Crippen LogP contribution in [0.25, 0.3) is 0 Å². The maximum Gasteiger partial charge on any atom is 0.335 e. The highest BCUT2D eigenvalue weighted by Gasteiger charge is 2.39. The number of ether oxygens (including phenoxy) is 1. The second kappa shape index (κ2) is 7.47. The van der Waals surface area contributed by atoms with Crippen LogP contribution in [0.15, 0.2) is 54.6 Å². The Kier molecular flexibility index (Phi) is 5.11. The van der Waals surface area contributed by atoms with Crippen LogP contribution in [0.2, 0.25) is 0 Å². The molecule has 1 aliphatic rings. The average Bonchev–Trinajstić information content (AvgIpc) is 2.90. The smallest absolute Gasteiger partial charge is 0.335 e. The average molecular weight is 355 g/mol. The van der Waals surface area contributed by atoms with Crippen LogP contribution in [-0.2, 0) is 16.1 Å². The molecule has 2 aromatic carbocycles. The number of fused-ring (bicyclic) bond motifs is 1. The van der Waals surface area contributed by atoms with Gasteiger partial charge in [0.05, 0.1) is 24.3 Å². The first-order chi connectivity index (χ1) is 12.5. The lowest BCUT2D eigenvalue weighted by Gasteiger charge is -2.25. The van der Waals surface area contributed by atoms with Crippen LogP contribution < -0.4 is 0 Å². The lowest BCUT2D eigenvalue weighted by atomic mass is 10.1. The van der Waals surface area contributed by atoms with Crippen molar-refractivity contribution in [2.24, 2.45) is 0 Å². The maximum atomic E-state index is 12.4. The summed E-state index contributed by atoms with van der Waals surface area (Å²) in [7, 11) is 0. The molecule has 0 unspecified atom stereocenters. The highest BCUT2D eigenvalue weighted by atomic mass is 16.5. The van der Waals surface area contributed by atoms with Crippen molar-refractivity contribution in [1.29, 1.82) is 0 Å². The first-order valence-corrected chi connectivity index (χ1v) is 8.00. The van der Waals surface area contributed by atoms with Crippen LogP contribution in [-0.4, -0.2) is 51.6 Å². The van der Waals surface area contributed by atoms with Gasteiger partial charge < -0.3 is 14.9 Å². The number of carbonyl (C=O) groups is 3. The van der Waals surface area contributed by atoms with Gasteiger partial charge in [-0.3, -0.25) is 14.5 Å². The second-order valence-electron chi connectivity index (χ2n) is 5.88. The number of rotatable bonds is 7. The monoisotopic (exact) mass is 355 g/mol. The minimum absolute atomic E-state index is 0.0407. The molecule has 0 saturated heterocycles. The molecule has 0 saturated carbocycles. The minimum atomic E-state index is -1.87. The highest BCUT2D eigenvalue weighted by molar-refractivity contribution is 6.21. The summed E-state index contributed by atoms with van der Waals surface area (Å²) in [6, 6.07) is 15.3. The topological polar surface area (TPSA) is 104 Å².